The largest absolute Gasteiger partial charge is 0.310 e. The number of thiazole rings is 1. The van der Waals surface area contributed by atoms with E-state index in [1.54, 1.807) is 17.5 Å². The Morgan fingerprint density at radius 1 is 1.37 bits per heavy atom. The average molecular weight is 405 g/mol. The second-order valence-corrected chi connectivity index (χ2v) is 7.40. The van der Waals surface area contributed by atoms with Crippen molar-refractivity contribution in [3.05, 3.63) is 31.8 Å². The molecule has 0 radical (unpaired) electrons. The zero-order valence-electron chi connectivity index (χ0n) is 11.0. The molecule has 0 aliphatic rings. The van der Waals surface area contributed by atoms with Gasteiger partial charge in [-0.25, -0.2) is 4.98 Å². The fourth-order valence-electron chi connectivity index (χ4n) is 1.56. The molecule has 2 heterocycles. The summed E-state index contributed by atoms with van der Waals surface area (Å²) in [6.07, 6.45) is 1.79. The maximum Gasteiger partial charge on any atom is 0.143 e. The predicted octanol–water partition coefficient (Wildman–Crippen LogP) is 4.54. The molecule has 0 aliphatic carbocycles. The molecule has 6 heteroatoms. The predicted molar refractivity (Wildman–Crippen MR) is 87.5 cm³/mol. The molecule has 2 rings (SSSR count). The van der Waals surface area contributed by atoms with Gasteiger partial charge in [0.2, 0.25) is 0 Å². The smallest absolute Gasteiger partial charge is 0.143 e. The highest BCUT2D eigenvalue weighted by Crippen LogP contribution is 2.32. The standard InChI is InChI=1S/C13H15Br2N3S/c1-7(2)16-6-11-8(3)18-13(19-11)12-10(15)4-9(14)5-17-12/h4-5,7,16H,6H2,1-3H3. The lowest BCUT2D eigenvalue weighted by molar-refractivity contribution is 0.591. The van der Waals surface area contributed by atoms with E-state index in [-0.39, 0.29) is 0 Å². The van der Waals surface area contributed by atoms with Crippen molar-refractivity contribution in [2.75, 3.05) is 0 Å². The number of pyridine rings is 1. The van der Waals surface area contributed by atoms with Gasteiger partial charge in [0.1, 0.15) is 10.7 Å². The summed E-state index contributed by atoms with van der Waals surface area (Å²) in [6.45, 7) is 7.19. The van der Waals surface area contributed by atoms with Crippen LogP contribution in [-0.4, -0.2) is 16.0 Å². The fraction of sp³-hybridized carbons (Fsp3) is 0.385. The maximum absolute atomic E-state index is 4.62. The molecule has 0 saturated carbocycles. The van der Waals surface area contributed by atoms with Gasteiger partial charge in [-0.2, -0.15) is 0 Å². The molecule has 1 N–H and O–H groups in total. The fourth-order valence-corrected chi connectivity index (χ4v) is 3.89. The van der Waals surface area contributed by atoms with E-state index in [1.165, 1.54) is 4.88 Å². The van der Waals surface area contributed by atoms with Gasteiger partial charge in [-0.15, -0.1) is 11.3 Å². The van der Waals surface area contributed by atoms with Crippen molar-refractivity contribution in [1.29, 1.82) is 0 Å². The Morgan fingerprint density at radius 2 is 2.11 bits per heavy atom. The molecule has 19 heavy (non-hydrogen) atoms. The van der Waals surface area contributed by atoms with E-state index in [4.69, 9.17) is 0 Å². The first kappa shape index (κ1) is 15.1. The van der Waals surface area contributed by atoms with E-state index in [0.717, 1.165) is 31.9 Å². The number of aryl methyl sites for hydroxylation is 1. The lowest BCUT2D eigenvalue weighted by Crippen LogP contribution is -2.21. The first-order valence-electron chi connectivity index (χ1n) is 5.98. The number of rotatable bonds is 4. The molecule has 0 fully saturated rings. The van der Waals surface area contributed by atoms with Gasteiger partial charge in [0.05, 0.1) is 5.69 Å². The van der Waals surface area contributed by atoms with Crippen LogP contribution in [0.1, 0.15) is 24.4 Å². The molecule has 2 aromatic heterocycles. The van der Waals surface area contributed by atoms with Crippen LogP contribution in [0.4, 0.5) is 0 Å². The SMILES string of the molecule is Cc1nc(-c2ncc(Br)cc2Br)sc1CNC(C)C. The number of aromatic nitrogens is 2. The average Bonchev–Trinajstić information content (AvgIpc) is 2.67. The van der Waals surface area contributed by atoms with Gasteiger partial charge in [-0.05, 0) is 44.8 Å². The number of halogens is 2. The second-order valence-electron chi connectivity index (χ2n) is 4.55. The van der Waals surface area contributed by atoms with Crippen molar-refractivity contribution in [3.63, 3.8) is 0 Å². The Bertz CT molecular complexity index is 581. The zero-order valence-corrected chi connectivity index (χ0v) is 15.0. The Kier molecular flexibility index (Phi) is 5.11. The Hall–Kier alpha value is -0.300. The topological polar surface area (TPSA) is 37.8 Å². The van der Waals surface area contributed by atoms with Crippen LogP contribution in [0, 0.1) is 6.92 Å². The molecule has 0 spiro atoms. The second kappa shape index (κ2) is 6.43. The van der Waals surface area contributed by atoms with Gasteiger partial charge in [-0.1, -0.05) is 13.8 Å². The van der Waals surface area contributed by atoms with Gasteiger partial charge < -0.3 is 5.32 Å². The highest BCUT2D eigenvalue weighted by molar-refractivity contribution is 9.11. The molecular weight excluding hydrogens is 390 g/mol. The third kappa shape index (κ3) is 3.84. The van der Waals surface area contributed by atoms with E-state index in [2.05, 4.69) is 61.0 Å². The van der Waals surface area contributed by atoms with Crippen molar-refractivity contribution < 1.29 is 0 Å². The van der Waals surface area contributed by atoms with Crippen LogP contribution in [-0.2, 0) is 6.54 Å². The van der Waals surface area contributed by atoms with Crippen molar-refractivity contribution >= 4 is 43.2 Å². The van der Waals surface area contributed by atoms with Crippen molar-refractivity contribution in [2.45, 2.75) is 33.4 Å². The van der Waals surface area contributed by atoms with Crippen LogP contribution >= 0.6 is 43.2 Å². The number of hydrogen-bond donors (Lipinski definition) is 1. The molecule has 0 saturated heterocycles. The van der Waals surface area contributed by atoms with E-state index in [9.17, 15) is 0 Å². The Morgan fingerprint density at radius 3 is 2.74 bits per heavy atom. The minimum absolute atomic E-state index is 0.475. The monoisotopic (exact) mass is 403 g/mol. The summed E-state index contributed by atoms with van der Waals surface area (Å²) in [4.78, 5) is 10.3. The lowest BCUT2D eigenvalue weighted by Gasteiger charge is -2.05. The molecule has 0 bridgehead atoms. The third-order valence-electron chi connectivity index (χ3n) is 2.57. The van der Waals surface area contributed by atoms with Gasteiger partial charge in [-0.3, -0.25) is 4.98 Å². The van der Waals surface area contributed by atoms with Crippen LogP contribution < -0.4 is 5.32 Å². The van der Waals surface area contributed by atoms with Crippen LogP contribution in [0.5, 0.6) is 0 Å². The Labute approximate surface area is 134 Å². The summed E-state index contributed by atoms with van der Waals surface area (Å²) in [5.74, 6) is 0. The van der Waals surface area contributed by atoms with Gasteiger partial charge in [0.25, 0.3) is 0 Å². The van der Waals surface area contributed by atoms with Crippen molar-refractivity contribution in [1.82, 2.24) is 15.3 Å². The number of nitrogens with zero attached hydrogens (tertiary/aromatic N) is 2. The molecular formula is C13H15Br2N3S. The van der Waals surface area contributed by atoms with E-state index >= 15 is 0 Å². The summed E-state index contributed by atoms with van der Waals surface area (Å²) in [5.41, 5.74) is 1.97. The zero-order chi connectivity index (χ0) is 14.0. The summed E-state index contributed by atoms with van der Waals surface area (Å²) < 4.78 is 1.91. The molecule has 0 amide bonds. The first-order valence-corrected chi connectivity index (χ1v) is 8.38. The summed E-state index contributed by atoms with van der Waals surface area (Å²) in [7, 11) is 0. The first-order chi connectivity index (χ1) is 8.97. The minimum atomic E-state index is 0.475. The Balaban J connectivity index is 2.28. The summed E-state index contributed by atoms with van der Waals surface area (Å²) in [6, 6.07) is 2.47. The quantitative estimate of drug-likeness (QED) is 0.812. The van der Waals surface area contributed by atoms with Crippen molar-refractivity contribution in [3.8, 4) is 10.7 Å². The minimum Gasteiger partial charge on any atom is -0.310 e. The molecule has 0 aromatic carbocycles. The number of nitrogens with one attached hydrogen (secondary N) is 1. The highest BCUT2D eigenvalue weighted by Gasteiger charge is 2.13. The van der Waals surface area contributed by atoms with Crippen LogP contribution in [0.3, 0.4) is 0 Å². The summed E-state index contributed by atoms with van der Waals surface area (Å²) in [5, 5.41) is 4.38. The van der Waals surface area contributed by atoms with Gasteiger partial charge >= 0.3 is 0 Å². The van der Waals surface area contributed by atoms with Crippen LogP contribution in [0.25, 0.3) is 10.7 Å². The normalized spacial score (nSPS) is 11.3. The lowest BCUT2D eigenvalue weighted by atomic mass is 10.3. The van der Waals surface area contributed by atoms with Crippen LogP contribution in [0.2, 0.25) is 0 Å². The van der Waals surface area contributed by atoms with E-state index in [0.29, 0.717) is 6.04 Å². The molecule has 0 atom stereocenters. The maximum atomic E-state index is 4.62. The van der Waals surface area contributed by atoms with Crippen molar-refractivity contribution in [2.24, 2.45) is 0 Å². The molecule has 0 unspecified atom stereocenters. The molecule has 0 aliphatic heterocycles. The third-order valence-corrected chi connectivity index (χ3v) is 4.78. The molecule has 3 nitrogen and oxygen atoms in total. The summed E-state index contributed by atoms with van der Waals surface area (Å²) >= 11 is 8.64. The van der Waals surface area contributed by atoms with Crippen LogP contribution in [0.15, 0.2) is 21.2 Å². The number of hydrogen-bond acceptors (Lipinski definition) is 4. The van der Waals surface area contributed by atoms with E-state index in [1.807, 2.05) is 13.0 Å². The highest BCUT2D eigenvalue weighted by atomic mass is 79.9. The molecule has 2 aromatic rings. The van der Waals surface area contributed by atoms with E-state index < -0.39 is 0 Å². The van der Waals surface area contributed by atoms with Gasteiger partial charge in [0, 0.05) is 32.6 Å². The van der Waals surface area contributed by atoms with Gasteiger partial charge in [0.15, 0.2) is 0 Å². The molecule has 102 valence electrons.